The number of aryl methyl sites for hydroxylation is 2. The summed E-state index contributed by atoms with van der Waals surface area (Å²) in [4.78, 5) is 19.7. The van der Waals surface area contributed by atoms with Crippen molar-refractivity contribution in [2.24, 2.45) is 0 Å². The van der Waals surface area contributed by atoms with Crippen LogP contribution in [0.4, 0.5) is 5.82 Å². The highest BCUT2D eigenvalue weighted by molar-refractivity contribution is 7.09. The normalized spacial score (nSPS) is 15.5. The van der Waals surface area contributed by atoms with Crippen LogP contribution in [0.5, 0.6) is 0 Å². The van der Waals surface area contributed by atoms with Gasteiger partial charge in [0.05, 0.1) is 11.2 Å². The summed E-state index contributed by atoms with van der Waals surface area (Å²) in [6, 6.07) is 3.86. The lowest BCUT2D eigenvalue weighted by Gasteiger charge is -2.32. The van der Waals surface area contributed by atoms with Crippen LogP contribution in [0.1, 0.15) is 29.8 Å². The van der Waals surface area contributed by atoms with Crippen LogP contribution in [0.15, 0.2) is 17.6 Å². The fourth-order valence-corrected chi connectivity index (χ4v) is 3.71. The standard InChI is InChI=1S/C16H20ClN5OS/c1-11-13(24-10-18-11)2-5-16(23)19-12-6-8-22(9-7-12)15-4-3-14(17)20-21-15/h3-4,10,12H,2,5-9H2,1H3,(H,19,23). The Morgan fingerprint density at radius 1 is 1.38 bits per heavy atom. The quantitative estimate of drug-likeness (QED) is 0.881. The molecule has 24 heavy (non-hydrogen) atoms. The van der Waals surface area contributed by atoms with Crippen molar-refractivity contribution < 1.29 is 4.79 Å². The zero-order valence-electron chi connectivity index (χ0n) is 13.5. The zero-order valence-corrected chi connectivity index (χ0v) is 15.1. The molecule has 3 rings (SSSR count). The van der Waals surface area contributed by atoms with Crippen LogP contribution in [0.3, 0.4) is 0 Å². The lowest BCUT2D eigenvalue weighted by molar-refractivity contribution is -0.121. The largest absolute Gasteiger partial charge is 0.355 e. The molecule has 0 aliphatic carbocycles. The average molecular weight is 366 g/mol. The van der Waals surface area contributed by atoms with Gasteiger partial charge >= 0.3 is 0 Å². The first-order valence-corrected chi connectivity index (χ1v) is 9.30. The minimum Gasteiger partial charge on any atom is -0.355 e. The predicted octanol–water partition coefficient (Wildman–Crippen LogP) is 2.61. The van der Waals surface area contributed by atoms with Gasteiger partial charge in [-0.05, 0) is 38.3 Å². The van der Waals surface area contributed by atoms with Gasteiger partial charge in [0.2, 0.25) is 5.91 Å². The number of piperidine rings is 1. The van der Waals surface area contributed by atoms with E-state index in [4.69, 9.17) is 11.6 Å². The Morgan fingerprint density at radius 2 is 2.17 bits per heavy atom. The Bertz CT molecular complexity index is 682. The van der Waals surface area contributed by atoms with Crippen LogP contribution < -0.4 is 10.2 Å². The van der Waals surface area contributed by atoms with Crippen molar-refractivity contribution in [2.75, 3.05) is 18.0 Å². The first-order valence-electron chi connectivity index (χ1n) is 8.04. The molecule has 1 fully saturated rings. The van der Waals surface area contributed by atoms with Gasteiger partial charge in [0.1, 0.15) is 0 Å². The Balaban J connectivity index is 1.42. The molecule has 1 amide bonds. The summed E-state index contributed by atoms with van der Waals surface area (Å²) in [5, 5.41) is 11.5. The molecule has 2 aromatic rings. The third kappa shape index (κ3) is 4.42. The highest BCUT2D eigenvalue weighted by Crippen LogP contribution is 2.19. The topological polar surface area (TPSA) is 71.0 Å². The van der Waals surface area contributed by atoms with E-state index in [9.17, 15) is 4.79 Å². The zero-order chi connectivity index (χ0) is 16.9. The number of carbonyl (C=O) groups is 1. The molecule has 1 aliphatic rings. The number of hydrogen-bond donors (Lipinski definition) is 1. The summed E-state index contributed by atoms with van der Waals surface area (Å²) < 4.78 is 0. The third-order valence-electron chi connectivity index (χ3n) is 4.23. The highest BCUT2D eigenvalue weighted by Gasteiger charge is 2.21. The molecule has 0 unspecified atom stereocenters. The lowest BCUT2D eigenvalue weighted by Crippen LogP contribution is -2.45. The van der Waals surface area contributed by atoms with E-state index < -0.39 is 0 Å². The Morgan fingerprint density at radius 3 is 2.79 bits per heavy atom. The van der Waals surface area contributed by atoms with Crippen molar-refractivity contribution in [3.8, 4) is 0 Å². The number of rotatable bonds is 5. The van der Waals surface area contributed by atoms with Crippen LogP contribution >= 0.6 is 22.9 Å². The number of amides is 1. The molecule has 128 valence electrons. The fraction of sp³-hybridized carbons (Fsp3) is 0.500. The molecule has 0 radical (unpaired) electrons. The van der Waals surface area contributed by atoms with E-state index in [2.05, 4.69) is 25.4 Å². The van der Waals surface area contributed by atoms with E-state index >= 15 is 0 Å². The first kappa shape index (κ1) is 17.1. The predicted molar refractivity (Wildman–Crippen MR) is 95.6 cm³/mol. The summed E-state index contributed by atoms with van der Waals surface area (Å²) >= 11 is 7.38. The van der Waals surface area contributed by atoms with Crippen molar-refractivity contribution in [3.05, 3.63) is 33.4 Å². The molecule has 0 atom stereocenters. The van der Waals surface area contributed by atoms with Gasteiger partial charge in [-0.3, -0.25) is 4.79 Å². The first-order chi connectivity index (χ1) is 11.6. The number of anilines is 1. The molecule has 1 N–H and O–H groups in total. The fourth-order valence-electron chi connectivity index (χ4n) is 2.82. The highest BCUT2D eigenvalue weighted by atomic mass is 35.5. The lowest BCUT2D eigenvalue weighted by atomic mass is 10.0. The molecular weight excluding hydrogens is 346 g/mol. The number of nitrogens with zero attached hydrogens (tertiary/aromatic N) is 4. The van der Waals surface area contributed by atoms with Crippen LogP contribution in [-0.2, 0) is 11.2 Å². The minimum absolute atomic E-state index is 0.118. The number of aromatic nitrogens is 3. The molecule has 1 aliphatic heterocycles. The Labute approximate surface area is 150 Å². The summed E-state index contributed by atoms with van der Waals surface area (Å²) in [5.74, 6) is 0.956. The van der Waals surface area contributed by atoms with Gasteiger partial charge in [-0.2, -0.15) is 0 Å². The van der Waals surface area contributed by atoms with Gasteiger partial charge in [0.15, 0.2) is 11.0 Å². The molecule has 0 aromatic carbocycles. The molecule has 1 saturated heterocycles. The van der Waals surface area contributed by atoms with Crippen LogP contribution in [0.25, 0.3) is 0 Å². The maximum atomic E-state index is 12.1. The maximum Gasteiger partial charge on any atom is 0.220 e. The van der Waals surface area contributed by atoms with E-state index in [1.54, 1.807) is 17.4 Å². The van der Waals surface area contributed by atoms with Crippen LogP contribution in [-0.4, -0.2) is 40.2 Å². The number of nitrogens with one attached hydrogen (secondary N) is 1. The summed E-state index contributed by atoms with van der Waals surface area (Å²) in [6.45, 7) is 3.70. The van der Waals surface area contributed by atoms with Crippen LogP contribution in [0, 0.1) is 6.92 Å². The number of hydrogen-bond acceptors (Lipinski definition) is 6. The minimum atomic E-state index is 0.118. The second kappa shape index (κ2) is 7.90. The molecule has 2 aromatic heterocycles. The van der Waals surface area contributed by atoms with Crippen molar-refractivity contribution in [1.82, 2.24) is 20.5 Å². The van der Waals surface area contributed by atoms with E-state index in [0.29, 0.717) is 11.6 Å². The summed E-state index contributed by atoms with van der Waals surface area (Å²) in [5.41, 5.74) is 2.86. The second-order valence-corrected chi connectivity index (χ2v) is 7.23. The van der Waals surface area contributed by atoms with Crippen molar-refractivity contribution in [2.45, 2.75) is 38.6 Å². The molecule has 0 spiro atoms. The van der Waals surface area contributed by atoms with E-state index in [-0.39, 0.29) is 11.9 Å². The summed E-state index contributed by atoms with van der Waals surface area (Å²) in [6.07, 6.45) is 3.11. The third-order valence-corrected chi connectivity index (χ3v) is 5.42. The smallest absolute Gasteiger partial charge is 0.220 e. The molecule has 0 bridgehead atoms. The average Bonchev–Trinajstić information content (AvgIpc) is 3.00. The van der Waals surface area contributed by atoms with E-state index in [1.807, 2.05) is 18.5 Å². The molecular formula is C16H20ClN5OS. The molecule has 3 heterocycles. The Kier molecular flexibility index (Phi) is 5.63. The summed E-state index contributed by atoms with van der Waals surface area (Å²) in [7, 11) is 0. The van der Waals surface area contributed by atoms with Gasteiger partial charge in [-0.25, -0.2) is 4.98 Å². The SMILES string of the molecule is Cc1ncsc1CCC(=O)NC1CCN(c2ccc(Cl)nn2)CC1. The van der Waals surface area contributed by atoms with Gasteiger partial charge in [0, 0.05) is 30.4 Å². The van der Waals surface area contributed by atoms with Crippen LogP contribution in [0.2, 0.25) is 5.15 Å². The maximum absolute atomic E-state index is 12.1. The second-order valence-electron chi connectivity index (χ2n) is 5.90. The Hall–Kier alpha value is -1.73. The number of carbonyl (C=O) groups excluding carboxylic acids is 1. The van der Waals surface area contributed by atoms with Crippen molar-refractivity contribution in [3.63, 3.8) is 0 Å². The van der Waals surface area contributed by atoms with Gasteiger partial charge in [-0.1, -0.05) is 11.6 Å². The van der Waals surface area contributed by atoms with Gasteiger partial charge in [-0.15, -0.1) is 21.5 Å². The van der Waals surface area contributed by atoms with E-state index in [1.165, 1.54) is 4.88 Å². The number of halogens is 1. The number of thiazole rings is 1. The van der Waals surface area contributed by atoms with E-state index in [0.717, 1.165) is 43.9 Å². The molecule has 0 saturated carbocycles. The molecule has 8 heteroatoms. The van der Waals surface area contributed by atoms with Gasteiger partial charge < -0.3 is 10.2 Å². The van der Waals surface area contributed by atoms with Gasteiger partial charge in [0.25, 0.3) is 0 Å². The monoisotopic (exact) mass is 365 g/mol. The van der Waals surface area contributed by atoms with Crippen molar-refractivity contribution in [1.29, 1.82) is 0 Å². The molecule has 6 nitrogen and oxygen atoms in total. The van der Waals surface area contributed by atoms with Crippen molar-refractivity contribution >= 4 is 34.7 Å².